The van der Waals surface area contributed by atoms with E-state index in [1.165, 1.54) is 12.8 Å². The second-order valence-electron chi connectivity index (χ2n) is 7.20. The summed E-state index contributed by atoms with van der Waals surface area (Å²) in [6.07, 6.45) is 5.58. The number of hydrogen-bond acceptors (Lipinski definition) is 2. The van der Waals surface area contributed by atoms with Crippen molar-refractivity contribution in [2.75, 3.05) is 0 Å². The third-order valence-electron chi connectivity index (χ3n) is 6.14. The van der Waals surface area contributed by atoms with Crippen molar-refractivity contribution >= 4 is 5.97 Å². The molecule has 2 aliphatic carbocycles. The Kier molecular flexibility index (Phi) is 3.97. The Bertz CT molecular complexity index is 350. The van der Waals surface area contributed by atoms with E-state index in [-0.39, 0.29) is 16.9 Å². The molecule has 2 fully saturated rings. The highest BCUT2D eigenvalue weighted by Gasteiger charge is 2.62. The van der Waals surface area contributed by atoms with Crippen molar-refractivity contribution in [2.24, 2.45) is 16.7 Å². The zero-order valence-electron chi connectivity index (χ0n) is 12.7. The lowest BCUT2D eigenvalue weighted by Gasteiger charge is -2.39. The maximum absolute atomic E-state index is 11.3. The molecule has 0 aliphatic heterocycles. The smallest absolute Gasteiger partial charge is 0.332 e. The quantitative estimate of drug-likeness (QED) is 0.795. The van der Waals surface area contributed by atoms with E-state index < -0.39 is 12.1 Å². The average Bonchev–Trinajstić information content (AvgIpc) is 2.66. The molecule has 0 aromatic rings. The molecule has 19 heavy (non-hydrogen) atoms. The second-order valence-corrected chi connectivity index (χ2v) is 7.20. The average molecular weight is 268 g/mol. The molecule has 1 N–H and O–H groups in total. The summed E-state index contributed by atoms with van der Waals surface area (Å²) in [7, 11) is 0. The molecule has 2 aliphatic rings. The van der Waals surface area contributed by atoms with Gasteiger partial charge in [-0.2, -0.15) is 0 Å². The summed E-state index contributed by atoms with van der Waals surface area (Å²) in [6.45, 7) is 9.04. The number of rotatable bonds is 6. The second kappa shape index (κ2) is 5.08. The zero-order valence-corrected chi connectivity index (χ0v) is 12.7. The number of ether oxygens (including phenoxy) is 1. The Morgan fingerprint density at radius 2 is 2.11 bits per heavy atom. The van der Waals surface area contributed by atoms with Crippen LogP contribution >= 0.6 is 0 Å². The lowest BCUT2D eigenvalue weighted by Crippen LogP contribution is -2.41. The summed E-state index contributed by atoms with van der Waals surface area (Å²) >= 11 is 0. The van der Waals surface area contributed by atoms with Gasteiger partial charge < -0.3 is 9.84 Å². The molecule has 2 bridgehead atoms. The number of fused-ring (bicyclic) bond motifs is 2. The molecule has 2 saturated carbocycles. The van der Waals surface area contributed by atoms with E-state index in [1.54, 1.807) is 0 Å². The molecule has 0 saturated heterocycles. The molecule has 2 rings (SSSR count). The minimum Gasteiger partial charge on any atom is -0.479 e. The van der Waals surface area contributed by atoms with E-state index in [0.29, 0.717) is 12.3 Å². The molecule has 0 radical (unpaired) electrons. The number of carboxylic acids is 1. The van der Waals surface area contributed by atoms with Crippen molar-refractivity contribution in [1.29, 1.82) is 0 Å². The third kappa shape index (κ3) is 2.31. The first-order valence-electron chi connectivity index (χ1n) is 7.71. The molecule has 3 heteroatoms. The summed E-state index contributed by atoms with van der Waals surface area (Å²) in [4.78, 5) is 11.3. The van der Waals surface area contributed by atoms with Crippen molar-refractivity contribution in [1.82, 2.24) is 0 Å². The van der Waals surface area contributed by atoms with E-state index in [4.69, 9.17) is 4.74 Å². The Morgan fingerprint density at radius 3 is 2.53 bits per heavy atom. The molecular weight excluding hydrogens is 240 g/mol. The van der Waals surface area contributed by atoms with Crippen LogP contribution in [0, 0.1) is 16.7 Å². The van der Waals surface area contributed by atoms with Crippen molar-refractivity contribution in [3.05, 3.63) is 0 Å². The summed E-state index contributed by atoms with van der Waals surface area (Å²) in [5, 5.41) is 9.32. The van der Waals surface area contributed by atoms with Crippen LogP contribution in [0.15, 0.2) is 0 Å². The fourth-order valence-corrected chi connectivity index (χ4v) is 4.17. The van der Waals surface area contributed by atoms with Crippen LogP contribution in [0.1, 0.15) is 66.2 Å². The largest absolute Gasteiger partial charge is 0.479 e. The van der Waals surface area contributed by atoms with Crippen LogP contribution in [0.4, 0.5) is 0 Å². The van der Waals surface area contributed by atoms with Gasteiger partial charge in [-0.3, -0.25) is 0 Å². The van der Waals surface area contributed by atoms with E-state index in [0.717, 1.165) is 19.3 Å². The third-order valence-corrected chi connectivity index (χ3v) is 6.14. The summed E-state index contributed by atoms with van der Waals surface area (Å²) in [6, 6.07) is 0. The Balaban J connectivity index is 2.05. The Hall–Kier alpha value is -0.570. The first-order valence-corrected chi connectivity index (χ1v) is 7.71. The zero-order chi connectivity index (χ0) is 14.3. The SMILES string of the molecule is CCCCC(OC1CC2CCC1(C)C2(C)C)C(=O)O. The van der Waals surface area contributed by atoms with Gasteiger partial charge in [-0.1, -0.05) is 40.5 Å². The molecule has 0 spiro atoms. The number of aliphatic carboxylic acids is 1. The summed E-state index contributed by atoms with van der Waals surface area (Å²) in [5.41, 5.74) is 0.434. The fourth-order valence-electron chi connectivity index (χ4n) is 4.17. The van der Waals surface area contributed by atoms with E-state index in [2.05, 4.69) is 27.7 Å². The Labute approximate surface area is 116 Å². The number of unbranched alkanes of at least 4 members (excludes halogenated alkanes) is 1. The molecule has 0 aromatic heterocycles. The van der Waals surface area contributed by atoms with Crippen LogP contribution in [0.25, 0.3) is 0 Å². The van der Waals surface area contributed by atoms with E-state index >= 15 is 0 Å². The number of carbonyl (C=O) groups is 1. The monoisotopic (exact) mass is 268 g/mol. The molecule has 4 unspecified atom stereocenters. The van der Waals surface area contributed by atoms with Gasteiger partial charge in [0.05, 0.1) is 6.10 Å². The first-order chi connectivity index (χ1) is 8.83. The minimum atomic E-state index is -0.794. The normalized spacial score (nSPS) is 37.5. The summed E-state index contributed by atoms with van der Waals surface area (Å²) in [5.74, 6) is -0.0965. The maximum atomic E-state index is 11.3. The number of hydrogen-bond donors (Lipinski definition) is 1. The van der Waals surface area contributed by atoms with Crippen molar-refractivity contribution in [3.8, 4) is 0 Å². The highest BCUT2D eigenvalue weighted by atomic mass is 16.5. The molecule has 4 atom stereocenters. The van der Waals surface area contributed by atoms with Gasteiger partial charge in [-0.05, 0) is 42.4 Å². The van der Waals surface area contributed by atoms with Gasteiger partial charge in [0.1, 0.15) is 0 Å². The first kappa shape index (κ1) is 14.8. The molecule has 110 valence electrons. The molecule has 0 amide bonds. The minimum absolute atomic E-state index is 0.124. The van der Waals surface area contributed by atoms with Crippen molar-refractivity contribution in [3.63, 3.8) is 0 Å². The molecule has 0 heterocycles. The lowest BCUT2D eigenvalue weighted by molar-refractivity contribution is -0.162. The topological polar surface area (TPSA) is 46.5 Å². The van der Waals surface area contributed by atoms with Crippen molar-refractivity contribution in [2.45, 2.75) is 78.4 Å². The van der Waals surface area contributed by atoms with Gasteiger partial charge in [0.15, 0.2) is 6.10 Å². The fraction of sp³-hybridized carbons (Fsp3) is 0.938. The van der Waals surface area contributed by atoms with Gasteiger partial charge in [-0.25, -0.2) is 4.79 Å². The van der Waals surface area contributed by atoms with Crippen LogP contribution in [-0.2, 0) is 9.53 Å². The lowest BCUT2D eigenvalue weighted by atomic mass is 9.70. The van der Waals surface area contributed by atoms with E-state index in [9.17, 15) is 9.90 Å². The van der Waals surface area contributed by atoms with Gasteiger partial charge in [0.2, 0.25) is 0 Å². The van der Waals surface area contributed by atoms with Crippen LogP contribution in [-0.4, -0.2) is 23.3 Å². The van der Waals surface area contributed by atoms with Crippen LogP contribution in [0.2, 0.25) is 0 Å². The highest BCUT2D eigenvalue weighted by Crippen LogP contribution is 2.66. The maximum Gasteiger partial charge on any atom is 0.332 e. The van der Waals surface area contributed by atoms with Gasteiger partial charge >= 0.3 is 5.97 Å². The van der Waals surface area contributed by atoms with Gasteiger partial charge in [0, 0.05) is 0 Å². The van der Waals surface area contributed by atoms with Crippen LogP contribution < -0.4 is 0 Å². The van der Waals surface area contributed by atoms with E-state index in [1.807, 2.05) is 0 Å². The highest BCUT2D eigenvalue weighted by molar-refractivity contribution is 5.72. The predicted molar refractivity (Wildman–Crippen MR) is 75.1 cm³/mol. The standard InChI is InChI=1S/C16H28O3/c1-5-6-7-12(14(17)18)19-13-10-11-8-9-16(13,4)15(11,2)3/h11-13H,5-10H2,1-4H3,(H,17,18). The molecule has 3 nitrogen and oxygen atoms in total. The van der Waals surface area contributed by atoms with Gasteiger partial charge in [0.25, 0.3) is 0 Å². The summed E-state index contributed by atoms with van der Waals surface area (Å²) < 4.78 is 6.05. The number of carboxylic acid groups (broad SMARTS) is 1. The molecular formula is C16H28O3. The van der Waals surface area contributed by atoms with Crippen LogP contribution in [0.5, 0.6) is 0 Å². The van der Waals surface area contributed by atoms with Crippen molar-refractivity contribution < 1.29 is 14.6 Å². The van der Waals surface area contributed by atoms with Gasteiger partial charge in [-0.15, -0.1) is 0 Å². The predicted octanol–water partition coefficient (Wildman–Crippen LogP) is 3.86. The Morgan fingerprint density at radius 1 is 1.42 bits per heavy atom. The van der Waals surface area contributed by atoms with Crippen LogP contribution in [0.3, 0.4) is 0 Å². The molecule has 0 aromatic carbocycles.